The van der Waals surface area contributed by atoms with Crippen LogP contribution in [0.15, 0.2) is 24.3 Å². The van der Waals surface area contributed by atoms with Crippen molar-refractivity contribution in [3.8, 4) is 0 Å². The van der Waals surface area contributed by atoms with Crippen LogP contribution in [0.2, 0.25) is 0 Å². The van der Waals surface area contributed by atoms with Gasteiger partial charge in [-0.15, -0.1) is 0 Å². The van der Waals surface area contributed by atoms with E-state index in [1.54, 1.807) is 0 Å². The van der Waals surface area contributed by atoms with Crippen LogP contribution in [-0.4, -0.2) is 18.6 Å². The number of anilines is 1. The van der Waals surface area contributed by atoms with Gasteiger partial charge in [-0.25, -0.2) is 0 Å². The van der Waals surface area contributed by atoms with Crippen LogP contribution in [-0.2, 0) is 16.1 Å². The quantitative estimate of drug-likeness (QED) is 0.869. The molecule has 2 rings (SSSR count). The van der Waals surface area contributed by atoms with E-state index >= 15 is 0 Å². The highest BCUT2D eigenvalue weighted by molar-refractivity contribution is 5.92. The van der Waals surface area contributed by atoms with Crippen molar-refractivity contribution in [2.24, 2.45) is 11.7 Å². The van der Waals surface area contributed by atoms with Crippen LogP contribution in [0.3, 0.4) is 0 Å². The smallest absolute Gasteiger partial charge is 0.238 e. The molecule has 4 heteroatoms. The monoisotopic (exact) mass is 276 g/mol. The highest BCUT2D eigenvalue weighted by atomic mass is 16.5. The number of hydrogen-bond donors (Lipinski definition) is 2. The van der Waals surface area contributed by atoms with Gasteiger partial charge in [0.05, 0.1) is 19.3 Å². The number of nitrogens with one attached hydrogen (secondary N) is 1. The summed E-state index contributed by atoms with van der Waals surface area (Å²) < 4.78 is 5.99. The van der Waals surface area contributed by atoms with E-state index in [0.29, 0.717) is 12.7 Å². The molecule has 110 valence electrons. The van der Waals surface area contributed by atoms with Crippen molar-refractivity contribution < 1.29 is 9.53 Å². The largest absolute Gasteiger partial charge is 0.374 e. The number of benzene rings is 1. The van der Waals surface area contributed by atoms with Gasteiger partial charge in [0.1, 0.15) is 0 Å². The number of amides is 1. The van der Waals surface area contributed by atoms with Gasteiger partial charge in [0.25, 0.3) is 0 Å². The van der Waals surface area contributed by atoms with E-state index in [-0.39, 0.29) is 12.5 Å². The zero-order valence-electron chi connectivity index (χ0n) is 12.1. The second-order valence-corrected chi connectivity index (χ2v) is 5.66. The van der Waals surface area contributed by atoms with Crippen LogP contribution in [0, 0.1) is 5.92 Å². The maximum Gasteiger partial charge on any atom is 0.238 e. The molecule has 0 spiro atoms. The van der Waals surface area contributed by atoms with Crippen LogP contribution in [0.5, 0.6) is 0 Å². The summed E-state index contributed by atoms with van der Waals surface area (Å²) in [6.45, 7) is 2.89. The van der Waals surface area contributed by atoms with Crippen molar-refractivity contribution in [3.63, 3.8) is 0 Å². The van der Waals surface area contributed by atoms with Gasteiger partial charge in [-0.2, -0.15) is 0 Å². The number of nitrogens with two attached hydrogens (primary N) is 1. The summed E-state index contributed by atoms with van der Waals surface area (Å²) in [5, 5.41) is 2.76. The second kappa shape index (κ2) is 7.41. The molecule has 2 atom stereocenters. The highest BCUT2D eigenvalue weighted by Crippen LogP contribution is 2.26. The average Bonchev–Trinajstić information content (AvgIpc) is 2.45. The predicted octanol–water partition coefficient (Wildman–Crippen LogP) is 2.68. The third-order valence-electron chi connectivity index (χ3n) is 3.77. The Morgan fingerprint density at radius 1 is 1.45 bits per heavy atom. The molecule has 0 aromatic heterocycles. The lowest BCUT2D eigenvalue weighted by Gasteiger charge is -2.26. The van der Waals surface area contributed by atoms with Crippen molar-refractivity contribution in [2.75, 3.05) is 11.9 Å². The molecule has 1 aromatic rings. The molecule has 1 saturated carbocycles. The van der Waals surface area contributed by atoms with Gasteiger partial charge in [0.2, 0.25) is 5.91 Å². The highest BCUT2D eigenvalue weighted by Gasteiger charge is 2.19. The molecule has 0 bridgehead atoms. The van der Waals surface area contributed by atoms with E-state index in [0.717, 1.165) is 30.0 Å². The molecule has 3 N–H and O–H groups in total. The first-order chi connectivity index (χ1) is 9.67. The number of rotatable bonds is 5. The summed E-state index contributed by atoms with van der Waals surface area (Å²) in [5.41, 5.74) is 7.15. The van der Waals surface area contributed by atoms with Crippen LogP contribution < -0.4 is 11.1 Å². The summed E-state index contributed by atoms with van der Waals surface area (Å²) in [7, 11) is 0. The molecule has 4 nitrogen and oxygen atoms in total. The van der Waals surface area contributed by atoms with Crippen molar-refractivity contribution in [1.82, 2.24) is 0 Å². The Hall–Kier alpha value is -1.39. The summed E-state index contributed by atoms with van der Waals surface area (Å²) >= 11 is 0. The van der Waals surface area contributed by atoms with Crippen LogP contribution >= 0.6 is 0 Å². The van der Waals surface area contributed by atoms with Crippen molar-refractivity contribution in [2.45, 2.75) is 45.3 Å². The van der Waals surface area contributed by atoms with Crippen molar-refractivity contribution in [3.05, 3.63) is 29.8 Å². The minimum absolute atomic E-state index is 0.000685. The first-order valence-electron chi connectivity index (χ1n) is 7.38. The molecular formula is C16H24N2O2. The normalized spacial score (nSPS) is 22.5. The SMILES string of the molecule is CC1CCCC(OCc2cccc(NC(=O)CN)c2)C1. The predicted molar refractivity (Wildman–Crippen MR) is 80.3 cm³/mol. The summed E-state index contributed by atoms with van der Waals surface area (Å²) in [5.74, 6) is 0.591. The maximum absolute atomic E-state index is 11.3. The van der Waals surface area contributed by atoms with Gasteiger partial charge in [-0.1, -0.05) is 31.9 Å². The fraction of sp³-hybridized carbons (Fsp3) is 0.562. The van der Waals surface area contributed by atoms with Gasteiger partial charge in [0, 0.05) is 5.69 Å². The van der Waals surface area contributed by atoms with Crippen LogP contribution in [0.4, 0.5) is 5.69 Å². The number of hydrogen-bond acceptors (Lipinski definition) is 3. The Kier molecular flexibility index (Phi) is 5.56. The van der Waals surface area contributed by atoms with E-state index in [1.165, 1.54) is 12.8 Å². The third-order valence-corrected chi connectivity index (χ3v) is 3.77. The van der Waals surface area contributed by atoms with Gasteiger partial charge in [-0.3, -0.25) is 4.79 Å². The van der Waals surface area contributed by atoms with Crippen molar-refractivity contribution in [1.29, 1.82) is 0 Å². The average molecular weight is 276 g/mol. The lowest BCUT2D eigenvalue weighted by Crippen LogP contribution is -2.22. The van der Waals surface area contributed by atoms with Crippen LogP contribution in [0.25, 0.3) is 0 Å². The van der Waals surface area contributed by atoms with E-state index in [4.69, 9.17) is 10.5 Å². The van der Waals surface area contributed by atoms with Crippen molar-refractivity contribution >= 4 is 11.6 Å². The fourth-order valence-corrected chi connectivity index (χ4v) is 2.69. The first-order valence-corrected chi connectivity index (χ1v) is 7.38. The van der Waals surface area contributed by atoms with E-state index in [2.05, 4.69) is 12.2 Å². The van der Waals surface area contributed by atoms with Gasteiger partial charge in [-0.05, 0) is 36.5 Å². The molecule has 0 radical (unpaired) electrons. The molecule has 0 saturated heterocycles. The number of carbonyl (C=O) groups excluding carboxylic acids is 1. The molecule has 1 fully saturated rings. The number of carbonyl (C=O) groups is 1. The molecule has 20 heavy (non-hydrogen) atoms. The maximum atomic E-state index is 11.3. The molecule has 0 heterocycles. The molecule has 1 amide bonds. The Morgan fingerprint density at radius 3 is 3.05 bits per heavy atom. The summed E-state index contributed by atoms with van der Waals surface area (Å²) in [6.07, 6.45) is 5.28. The first kappa shape index (κ1) is 15.0. The molecule has 0 aliphatic heterocycles. The molecule has 1 aliphatic carbocycles. The lowest BCUT2D eigenvalue weighted by molar-refractivity contribution is -0.114. The lowest BCUT2D eigenvalue weighted by atomic mass is 9.89. The van der Waals surface area contributed by atoms with Gasteiger partial charge < -0.3 is 15.8 Å². The van der Waals surface area contributed by atoms with Crippen LogP contribution in [0.1, 0.15) is 38.2 Å². The Labute approximate surface area is 120 Å². The third kappa shape index (κ3) is 4.62. The van der Waals surface area contributed by atoms with E-state index in [1.807, 2.05) is 24.3 Å². The topological polar surface area (TPSA) is 64.3 Å². The number of ether oxygens (including phenoxy) is 1. The zero-order chi connectivity index (χ0) is 14.4. The standard InChI is InChI=1S/C16H24N2O2/c1-12-4-2-7-15(8-12)20-11-13-5-3-6-14(9-13)18-16(19)10-17/h3,5-6,9,12,15H,2,4,7-8,10-11,17H2,1H3,(H,18,19). The fourth-order valence-electron chi connectivity index (χ4n) is 2.69. The van der Waals surface area contributed by atoms with Gasteiger partial charge in [0.15, 0.2) is 0 Å². The van der Waals surface area contributed by atoms with E-state index < -0.39 is 0 Å². The second-order valence-electron chi connectivity index (χ2n) is 5.66. The molecule has 1 aromatic carbocycles. The van der Waals surface area contributed by atoms with E-state index in [9.17, 15) is 4.79 Å². The summed E-state index contributed by atoms with van der Waals surface area (Å²) in [6, 6.07) is 7.75. The molecular weight excluding hydrogens is 252 g/mol. The molecule has 1 aliphatic rings. The zero-order valence-corrected chi connectivity index (χ0v) is 12.1. The molecule has 2 unspecified atom stereocenters. The minimum Gasteiger partial charge on any atom is -0.374 e. The summed E-state index contributed by atoms with van der Waals surface area (Å²) in [4.78, 5) is 11.3. The minimum atomic E-state index is -0.177. The Bertz CT molecular complexity index is 448. The Morgan fingerprint density at radius 2 is 2.30 bits per heavy atom. The van der Waals surface area contributed by atoms with Gasteiger partial charge >= 0.3 is 0 Å². The Balaban J connectivity index is 1.86.